The Morgan fingerprint density at radius 2 is 2.04 bits per heavy atom. The topological polar surface area (TPSA) is 77.2 Å². The highest BCUT2D eigenvalue weighted by molar-refractivity contribution is 6.04. The van der Waals surface area contributed by atoms with Crippen LogP contribution in [0, 0.1) is 6.92 Å². The number of aromatic carboxylic acids is 1. The van der Waals surface area contributed by atoms with Crippen LogP contribution in [0.5, 0.6) is 5.88 Å². The fourth-order valence-electron chi connectivity index (χ4n) is 2.78. The van der Waals surface area contributed by atoms with Crippen molar-refractivity contribution in [2.45, 2.75) is 19.9 Å². The number of aromatic nitrogens is 3. The lowest BCUT2D eigenvalue weighted by Crippen LogP contribution is -2.16. The summed E-state index contributed by atoms with van der Waals surface area (Å²) in [6.45, 7) is 4.13. The van der Waals surface area contributed by atoms with E-state index in [-0.39, 0.29) is 11.6 Å². The van der Waals surface area contributed by atoms with Crippen molar-refractivity contribution in [2.24, 2.45) is 0 Å². The van der Waals surface area contributed by atoms with Gasteiger partial charge in [0.25, 0.3) is 0 Å². The maximum atomic E-state index is 11.6. The van der Waals surface area contributed by atoms with Crippen molar-refractivity contribution >= 4 is 17.0 Å². The molecule has 0 aliphatic heterocycles. The van der Waals surface area contributed by atoms with E-state index in [9.17, 15) is 9.90 Å². The highest BCUT2D eigenvalue weighted by Gasteiger charge is 2.22. The fourth-order valence-corrected chi connectivity index (χ4v) is 2.78. The maximum absolute atomic E-state index is 11.6. The van der Waals surface area contributed by atoms with E-state index in [2.05, 4.69) is 9.97 Å². The summed E-state index contributed by atoms with van der Waals surface area (Å²) in [6.07, 6.45) is 3.33. The van der Waals surface area contributed by atoms with Gasteiger partial charge in [-0.1, -0.05) is 6.07 Å². The van der Waals surface area contributed by atoms with Gasteiger partial charge in [-0.15, -0.1) is 0 Å². The fraction of sp³-hybridized carbons (Fsp3) is 0.235. The molecule has 0 saturated carbocycles. The number of carboxylic acid groups (broad SMARTS) is 1. The highest BCUT2D eigenvalue weighted by Crippen LogP contribution is 2.27. The Labute approximate surface area is 133 Å². The molecule has 0 spiro atoms. The van der Waals surface area contributed by atoms with Gasteiger partial charge in [-0.2, -0.15) is 0 Å². The minimum atomic E-state index is -0.947. The Bertz CT molecular complexity index is 843. The summed E-state index contributed by atoms with van der Waals surface area (Å²) in [4.78, 5) is 20.0. The zero-order chi connectivity index (χ0) is 16.4. The Morgan fingerprint density at radius 3 is 2.74 bits per heavy atom. The zero-order valence-corrected chi connectivity index (χ0v) is 12.9. The summed E-state index contributed by atoms with van der Waals surface area (Å²) in [6, 6.07) is 8.90. The largest absolute Gasteiger partial charge is 0.478 e. The molecule has 0 aliphatic carbocycles. The molecule has 3 rings (SSSR count). The van der Waals surface area contributed by atoms with Crippen molar-refractivity contribution in [1.82, 2.24) is 14.5 Å². The Hall–Kier alpha value is -2.89. The van der Waals surface area contributed by atoms with Gasteiger partial charge in [0, 0.05) is 29.5 Å². The molecule has 118 valence electrons. The number of carboxylic acids is 1. The van der Waals surface area contributed by atoms with Gasteiger partial charge in [-0.25, -0.2) is 14.8 Å². The van der Waals surface area contributed by atoms with Gasteiger partial charge in [0.2, 0.25) is 5.88 Å². The van der Waals surface area contributed by atoms with Crippen molar-refractivity contribution in [1.29, 1.82) is 0 Å². The van der Waals surface area contributed by atoms with E-state index in [4.69, 9.17) is 4.74 Å². The average Bonchev–Trinajstić information content (AvgIpc) is 2.85. The molecule has 1 atom stereocenters. The van der Waals surface area contributed by atoms with Crippen molar-refractivity contribution in [3.05, 3.63) is 54.0 Å². The maximum Gasteiger partial charge on any atom is 0.338 e. The van der Waals surface area contributed by atoms with Gasteiger partial charge >= 0.3 is 5.97 Å². The molecule has 3 aromatic heterocycles. The van der Waals surface area contributed by atoms with E-state index in [1.165, 1.54) is 0 Å². The van der Waals surface area contributed by atoms with E-state index < -0.39 is 5.97 Å². The first-order valence-corrected chi connectivity index (χ1v) is 7.32. The molecule has 0 radical (unpaired) electrons. The number of rotatable bonds is 5. The second-order valence-corrected chi connectivity index (χ2v) is 5.34. The molecule has 3 aromatic rings. The molecule has 1 N–H and O–H groups in total. The summed E-state index contributed by atoms with van der Waals surface area (Å²) in [5.74, 6) is -0.406. The minimum Gasteiger partial charge on any atom is -0.478 e. The second kappa shape index (κ2) is 6.08. The van der Waals surface area contributed by atoms with Gasteiger partial charge in [-0.05, 0) is 32.0 Å². The molecule has 0 aromatic carbocycles. The number of nitrogens with zero attached hydrogens (tertiary/aromatic N) is 3. The van der Waals surface area contributed by atoms with Crippen LogP contribution in [0.15, 0.2) is 42.7 Å². The van der Waals surface area contributed by atoms with Crippen LogP contribution in [0.2, 0.25) is 0 Å². The van der Waals surface area contributed by atoms with E-state index in [1.807, 2.05) is 23.6 Å². The SMILES string of the molecule is Cc1c(C(=O)O)c2cccnc2n1C(C)COc1ccccn1. The summed E-state index contributed by atoms with van der Waals surface area (Å²) >= 11 is 0. The first-order chi connectivity index (χ1) is 11.1. The lowest BCUT2D eigenvalue weighted by molar-refractivity contribution is 0.0697. The zero-order valence-electron chi connectivity index (χ0n) is 12.9. The minimum absolute atomic E-state index is 0.0810. The summed E-state index contributed by atoms with van der Waals surface area (Å²) < 4.78 is 7.59. The van der Waals surface area contributed by atoms with Gasteiger partial charge in [0.05, 0.1) is 11.6 Å². The molecular formula is C17H17N3O3. The van der Waals surface area contributed by atoms with Gasteiger partial charge in [0.1, 0.15) is 12.3 Å². The smallest absolute Gasteiger partial charge is 0.338 e. The number of hydrogen-bond acceptors (Lipinski definition) is 4. The number of ether oxygens (including phenoxy) is 1. The molecule has 3 heterocycles. The van der Waals surface area contributed by atoms with Crippen LogP contribution >= 0.6 is 0 Å². The molecule has 1 unspecified atom stereocenters. The van der Waals surface area contributed by atoms with Crippen molar-refractivity contribution < 1.29 is 14.6 Å². The summed E-state index contributed by atoms with van der Waals surface area (Å²) in [5, 5.41) is 10.1. The van der Waals surface area contributed by atoms with Crippen LogP contribution in [0.3, 0.4) is 0 Å². The number of fused-ring (bicyclic) bond motifs is 1. The molecular weight excluding hydrogens is 294 g/mol. The van der Waals surface area contributed by atoms with E-state index in [1.54, 1.807) is 37.5 Å². The second-order valence-electron chi connectivity index (χ2n) is 5.34. The number of pyridine rings is 2. The quantitative estimate of drug-likeness (QED) is 0.783. The molecule has 0 aliphatic rings. The van der Waals surface area contributed by atoms with Gasteiger partial charge < -0.3 is 14.4 Å². The molecule has 0 fully saturated rings. The number of carbonyl (C=O) groups is 1. The lowest BCUT2D eigenvalue weighted by atomic mass is 10.2. The third kappa shape index (κ3) is 2.75. The van der Waals surface area contributed by atoms with Crippen molar-refractivity contribution in [3.63, 3.8) is 0 Å². The standard InChI is InChI=1S/C17H17N3O3/c1-11(10-23-14-7-3-4-8-18-14)20-12(2)15(17(21)22)13-6-5-9-19-16(13)20/h3-9,11H,10H2,1-2H3,(H,21,22). The normalized spacial score (nSPS) is 12.3. The summed E-state index contributed by atoms with van der Waals surface area (Å²) in [7, 11) is 0. The van der Waals surface area contributed by atoms with Gasteiger partial charge in [-0.3, -0.25) is 0 Å². The molecule has 23 heavy (non-hydrogen) atoms. The van der Waals surface area contributed by atoms with E-state index in [0.29, 0.717) is 29.2 Å². The van der Waals surface area contributed by atoms with Crippen molar-refractivity contribution in [2.75, 3.05) is 6.61 Å². The highest BCUT2D eigenvalue weighted by atomic mass is 16.5. The molecule has 0 bridgehead atoms. The average molecular weight is 311 g/mol. The molecule has 0 saturated heterocycles. The lowest BCUT2D eigenvalue weighted by Gasteiger charge is -2.17. The van der Waals surface area contributed by atoms with Crippen LogP contribution in [-0.4, -0.2) is 32.2 Å². The van der Waals surface area contributed by atoms with Crippen LogP contribution in [0.4, 0.5) is 0 Å². The summed E-state index contributed by atoms with van der Waals surface area (Å²) in [5.41, 5.74) is 1.61. The Morgan fingerprint density at radius 1 is 1.26 bits per heavy atom. The van der Waals surface area contributed by atoms with Crippen LogP contribution in [0.25, 0.3) is 11.0 Å². The molecule has 0 amide bonds. The number of hydrogen-bond donors (Lipinski definition) is 1. The first-order valence-electron chi connectivity index (χ1n) is 7.32. The molecule has 6 nitrogen and oxygen atoms in total. The predicted octanol–water partition coefficient (Wildman–Crippen LogP) is 3.08. The van der Waals surface area contributed by atoms with Crippen LogP contribution in [0.1, 0.15) is 29.0 Å². The van der Waals surface area contributed by atoms with Crippen LogP contribution < -0.4 is 4.74 Å². The first kappa shape index (κ1) is 15.0. The van der Waals surface area contributed by atoms with E-state index >= 15 is 0 Å². The Balaban J connectivity index is 1.95. The predicted molar refractivity (Wildman–Crippen MR) is 85.9 cm³/mol. The Kier molecular flexibility index (Phi) is 3.97. The van der Waals surface area contributed by atoms with Gasteiger partial charge in [0.15, 0.2) is 0 Å². The molecule has 6 heteroatoms. The van der Waals surface area contributed by atoms with Crippen molar-refractivity contribution in [3.8, 4) is 5.88 Å². The van der Waals surface area contributed by atoms with E-state index in [0.717, 1.165) is 0 Å². The van der Waals surface area contributed by atoms with Crippen LogP contribution in [-0.2, 0) is 0 Å². The third-order valence-electron chi connectivity index (χ3n) is 3.77. The monoisotopic (exact) mass is 311 g/mol. The third-order valence-corrected chi connectivity index (χ3v) is 3.77.